The van der Waals surface area contributed by atoms with E-state index in [-0.39, 0.29) is 0 Å². The minimum absolute atomic E-state index is 1.14. The maximum Gasteiger partial charge on any atom is 0.0517 e. The summed E-state index contributed by atoms with van der Waals surface area (Å²) >= 11 is 0. The zero-order chi connectivity index (χ0) is 11.2. The molecular formula is C15H18N2. The SMILES string of the molecule is c1cc2c3c(c1)c1c(n3CCC2)CCNCC1. The number of para-hydroxylation sites is 1. The standard InChI is InChI=1S/C15H18N2/c1-3-11-4-2-10-17-14-7-9-16-8-6-12(14)13(5-1)15(11)17/h1,3,5,16H,2,4,6-10H2. The Bertz CT molecular complexity index is 580. The molecule has 0 fully saturated rings. The summed E-state index contributed by atoms with van der Waals surface area (Å²) < 4.78 is 2.61. The Morgan fingerprint density at radius 1 is 1.06 bits per heavy atom. The fraction of sp³-hybridized carbons (Fsp3) is 0.467. The van der Waals surface area contributed by atoms with Crippen molar-refractivity contribution in [2.24, 2.45) is 0 Å². The van der Waals surface area contributed by atoms with Crippen molar-refractivity contribution in [2.45, 2.75) is 32.2 Å². The average Bonchev–Trinajstić information content (AvgIpc) is 2.55. The van der Waals surface area contributed by atoms with Crippen LogP contribution in [0.1, 0.15) is 23.2 Å². The predicted molar refractivity (Wildman–Crippen MR) is 70.5 cm³/mol. The van der Waals surface area contributed by atoms with E-state index in [1.54, 1.807) is 22.3 Å². The van der Waals surface area contributed by atoms with Gasteiger partial charge >= 0.3 is 0 Å². The molecule has 2 aliphatic rings. The Kier molecular flexibility index (Phi) is 2.06. The minimum atomic E-state index is 1.14. The molecule has 0 unspecified atom stereocenters. The maximum atomic E-state index is 3.52. The lowest BCUT2D eigenvalue weighted by atomic mass is 10.0. The third-order valence-electron chi connectivity index (χ3n) is 4.31. The number of nitrogens with one attached hydrogen (secondary N) is 1. The second-order valence-electron chi connectivity index (χ2n) is 5.24. The van der Waals surface area contributed by atoms with Crippen molar-refractivity contribution in [2.75, 3.05) is 13.1 Å². The summed E-state index contributed by atoms with van der Waals surface area (Å²) in [6, 6.07) is 6.88. The summed E-state index contributed by atoms with van der Waals surface area (Å²) in [6.07, 6.45) is 4.96. The Hall–Kier alpha value is -1.28. The number of hydrogen-bond acceptors (Lipinski definition) is 1. The summed E-state index contributed by atoms with van der Waals surface area (Å²) in [5.41, 5.74) is 6.34. The molecule has 0 atom stereocenters. The fourth-order valence-electron chi connectivity index (χ4n) is 3.59. The Balaban J connectivity index is 2.09. The van der Waals surface area contributed by atoms with E-state index < -0.39 is 0 Å². The van der Waals surface area contributed by atoms with Crippen LogP contribution < -0.4 is 5.32 Å². The number of fused-ring (bicyclic) bond motifs is 3. The normalized spacial score (nSPS) is 19.1. The molecule has 1 aromatic heterocycles. The third-order valence-corrected chi connectivity index (χ3v) is 4.31. The lowest BCUT2D eigenvalue weighted by Gasteiger charge is -2.17. The van der Waals surface area contributed by atoms with Gasteiger partial charge in [0, 0.05) is 30.6 Å². The van der Waals surface area contributed by atoms with Crippen LogP contribution in [0.5, 0.6) is 0 Å². The summed E-state index contributed by atoms with van der Waals surface area (Å²) in [7, 11) is 0. The fourth-order valence-corrected chi connectivity index (χ4v) is 3.59. The van der Waals surface area contributed by atoms with Crippen LogP contribution in [0.2, 0.25) is 0 Å². The van der Waals surface area contributed by atoms with Crippen LogP contribution in [-0.4, -0.2) is 17.7 Å². The van der Waals surface area contributed by atoms with E-state index in [0.717, 1.165) is 13.1 Å². The number of hydrogen-bond donors (Lipinski definition) is 1. The van der Waals surface area contributed by atoms with E-state index >= 15 is 0 Å². The first-order chi connectivity index (χ1) is 8.45. The van der Waals surface area contributed by atoms with Crippen molar-refractivity contribution in [3.63, 3.8) is 0 Å². The zero-order valence-electron chi connectivity index (χ0n) is 10.1. The van der Waals surface area contributed by atoms with Gasteiger partial charge in [0.05, 0.1) is 5.52 Å². The van der Waals surface area contributed by atoms with E-state index in [9.17, 15) is 0 Å². The zero-order valence-corrected chi connectivity index (χ0v) is 10.1. The molecule has 2 aliphatic heterocycles. The molecule has 0 spiro atoms. The summed E-state index contributed by atoms with van der Waals surface area (Å²) in [4.78, 5) is 0. The first-order valence-electron chi connectivity index (χ1n) is 6.78. The molecule has 0 amide bonds. The monoisotopic (exact) mass is 226 g/mol. The van der Waals surface area contributed by atoms with E-state index in [0.29, 0.717) is 0 Å². The molecule has 3 heterocycles. The van der Waals surface area contributed by atoms with Crippen LogP contribution in [0.4, 0.5) is 0 Å². The van der Waals surface area contributed by atoms with Gasteiger partial charge in [0.1, 0.15) is 0 Å². The van der Waals surface area contributed by atoms with Crippen molar-refractivity contribution in [1.29, 1.82) is 0 Å². The van der Waals surface area contributed by atoms with Gasteiger partial charge in [-0.05, 0) is 36.9 Å². The second kappa shape index (κ2) is 3.61. The summed E-state index contributed by atoms with van der Waals surface area (Å²) in [5, 5.41) is 5.04. The van der Waals surface area contributed by atoms with Gasteiger partial charge in [0.2, 0.25) is 0 Å². The first-order valence-corrected chi connectivity index (χ1v) is 6.78. The molecule has 0 aliphatic carbocycles. The molecule has 2 heteroatoms. The molecule has 17 heavy (non-hydrogen) atoms. The van der Waals surface area contributed by atoms with Crippen LogP contribution in [0.25, 0.3) is 10.9 Å². The molecule has 4 rings (SSSR count). The van der Waals surface area contributed by atoms with Gasteiger partial charge in [-0.2, -0.15) is 0 Å². The molecule has 1 aromatic carbocycles. The second-order valence-corrected chi connectivity index (χ2v) is 5.24. The quantitative estimate of drug-likeness (QED) is 0.729. The van der Waals surface area contributed by atoms with Crippen molar-refractivity contribution in [3.8, 4) is 0 Å². The Morgan fingerprint density at radius 3 is 3.00 bits per heavy atom. The van der Waals surface area contributed by atoms with Crippen LogP contribution in [0, 0.1) is 0 Å². The van der Waals surface area contributed by atoms with Gasteiger partial charge in [0.15, 0.2) is 0 Å². The van der Waals surface area contributed by atoms with Crippen molar-refractivity contribution < 1.29 is 0 Å². The van der Waals surface area contributed by atoms with Gasteiger partial charge < -0.3 is 9.88 Å². The van der Waals surface area contributed by atoms with E-state index in [2.05, 4.69) is 28.1 Å². The highest BCUT2D eigenvalue weighted by molar-refractivity contribution is 5.89. The first kappa shape index (κ1) is 9.72. The van der Waals surface area contributed by atoms with Crippen LogP contribution in [0.15, 0.2) is 18.2 Å². The lowest BCUT2D eigenvalue weighted by Crippen LogP contribution is -2.18. The van der Waals surface area contributed by atoms with E-state index in [1.807, 2.05) is 0 Å². The van der Waals surface area contributed by atoms with Gasteiger partial charge in [-0.3, -0.25) is 0 Å². The van der Waals surface area contributed by atoms with Crippen molar-refractivity contribution in [3.05, 3.63) is 35.0 Å². The molecule has 0 radical (unpaired) electrons. The van der Waals surface area contributed by atoms with Gasteiger partial charge in [-0.1, -0.05) is 18.2 Å². The number of nitrogens with zero attached hydrogens (tertiary/aromatic N) is 1. The van der Waals surface area contributed by atoms with Crippen LogP contribution >= 0.6 is 0 Å². The average molecular weight is 226 g/mol. The Labute approximate surface area is 102 Å². The Morgan fingerprint density at radius 2 is 2.00 bits per heavy atom. The van der Waals surface area contributed by atoms with Gasteiger partial charge in [-0.25, -0.2) is 0 Å². The topological polar surface area (TPSA) is 17.0 Å². The molecule has 0 saturated heterocycles. The summed E-state index contributed by atoms with van der Waals surface area (Å²) in [6.45, 7) is 3.50. The molecule has 88 valence electrons. The lowest BCUT2D eigenvalue weighted by molar-refractivity contribution is 0.604. The number of benzene rings is 1. The minimum Gasteiger partial charge on any atom is -0.344 e. The van der Waals surface area contributed by atoms with Crippen LogP contribution in [-0.2, 0) is 25.8 Å². The summed E-state index contributed by atoms with van der Waals surface area (Å²) in [5.74, 6) is 0. The predicted octanol–water partition coefficient (Wildman–Crippen LogP) is 2.28. The molecule has 2 aromatic rings. The molecular weight excluding hydrogens is 208 g/mol. The van der Waals surface area contributed by atoms with Crippen molar-refractivity contribution in [1.82, 2.24) is 9.88 Å². The number of aryl methyl sites for hydroxylation is 2. The highest BCUT2D eigenvalue weighted by atomic mass is 15.0. The third kappa shape index (κ3) is 1.31. The van der Waals surface area contributed by atoms with Gasteiger partial charge in [-0.15, -0.1) is 0 Å². The maximum absolute atomic E-state index is 3.52. The number of aromatic nitrogens is 1. The van der Waals surface area contributed by atoms with Crippen molar-refractivity contribution >= 4 is 10.9 Å². The van der Waals surface area contributed by atoms with Gasteiger partial charge in [0.25, 0.3) is 0 Å². The molecule has 0 saturated carbocycles. The smallest absolute Gasteiger partial charge is 0.0517 e. The van der Waals surface area contributed by atoms with E-state index in [4.69, 9.17) is 0 Å². The van der Waals surface area contributed by atoms with Crippen LogP contribution in [0.3, 0.4) is 0 Å². The largest absolute Gasteiger partial charge is 0.344 e. The molecule has 0 bridgehead atoms. The highest BCUT2D eigenvalue weighted by Crippen LogP contribution is 2.33. The highest BCUT2D eigenvalue weighted by Gasteiger charge is 2.22. The molecule has 2 nitrogen and oxygen atoms in total. The van der Waals surface area contributed by atoms with E-state index in [1.165, 1.54) is 37.6 Å². The number of rotatable bonds is 0. The molecule has 1 N–H and O–H groups in total.